The van der Waals surface area contributed by atoms with Gasteiger partial charge in [-0.1, -0.05) is 0 Å². The number of carbonyl (C=O) groups is 1. The third kappa shape index (κ3) is 3.52. The van der Waals surface area contributed by atoms with Crippen molar-refractivity contribution in [2.24, 2.45) is 11.1 Å². The molecule has 1 saturated heterocycles. The van der Waals surface area contributed by atoms with Gasteiger partial charge in [0.1, 0.15) is 5.75 Å². The van der Waals surface area contributed by atoms with Crippen molar-refractivity contribution in [3.05, 3.63) is 18.2 Å². The largest absolute Gasteiger partial charge is 0.495 e. The van der Waals surface area contributed by atoms with Gasteiger partial charge in [0, 0.05) is 6.04 Å². The molecule has 0 aromatic heterocycles. The Morgan fingerprint density at radius 2 is 2.19 bits per heavy atom. The molecular formula is C13H19N3O4S. The van der Waals surface area contributed by atoms with E-state index in [4.69, 9.17) is 9.88 Å². The SMILES string of the molecule is COc1ccc(S(N)(=O)=O)cc1NC(=O)C1CCNC1C. The maximum absolute atomic E-state index is 12.3. The minimum Gasteiger partial charge on any atom is -0.495 e. The molecule has 7 nitrogen and oxygen atoms in total. The molecule has 4 N–H and O–H groups in total. The van der Waals surface area contributed by atoms with Gasteiger partial charge in [-0.05, 0) is 38.1 Å². The van der Waals surface area contributed by atoms with Gasteiger partial charge >= 0.3 is 0 Å². The van der Waals surface area contributed by atoms with Gasteiger partial charge in [0.05, 0.1) is 23.6 Å². The molecule has 0 spiro atoms. The molecule has 1 heterocycles. The molecule has 2 unspecified atom stereocenters. The summed E-state index contributed by atoms with van der Waals surface area (Å²) >= 11 is 0. The van der Waals surface area contributed by atoms with Crippen LogP contribution in [-0.2, 0) is 14.8 Å². The van der Waals surface area contributed by atoms with Crippen LogP contribution in [0.4, 0.5) is 5.69 Å². The molecule has 1 aromatic rings. The van der Waals surface area contributed by atoms with E-state index in [0.29, 0.717) is 11.4 Å². The lowest BCUT2D eigenvalue weighted by Crippen LogP contribution is -2.32. The summed E-state index contributed by atoms with van der Waals surface area (Å²) in [5, 5.41) is 11.0. The Balaban J connectivity index is 2.27. The van der Waals surface area contributed by atoms with Gasteiger partial charge in [-0.2, -0.15) is 0 Å². The predicted molar refractivity (Wildman–Crippen MR) is 78.6 cm³/mol. The first kappa shape index (κ1) is 15.7. The molecule has 1 aliphatic heterocycles. The Labute approximate surface area is 123 Å². The third-order valence-electron chi connectivity index (χ3n) is 3.62. The van der Waals surface area contributed by atoms with E-state index < -0.39 is 10.0 Å². The molecule has 1 amide bonds. The topological polar surface area (TPSA) is 111 Å². The molecule has 1 aliphatic rings. The molecular weight excluding hydrogens is 294 g/mol. The number of methoxy groups -OCH3 is 1. The summed E-state index contributed by atoms with van der Waals surface area (Å²) in [7, 11) is -2.39. The van der Waals surface area contributed by atoms with Crippen LogP contribution in [-0.4, -0.2) is 34.0 Å². The molecule has 2 rings (SSSR count). The van der Waals surface area contributed by atoms with Gasteiger partial charge in [0.2, 0.25) is 15.9 Å². The van der Waals surface area contributed by atoms with Crippen LogP contribution in [0.5, 0.6) is 5.75 Å². The first-order chi connectivity index (χ1) is 9.82. The number of nitrogens with two attached hydrogens (primary N) is 1. The molecule has 116 valence electrons. The number of hydrogen-bond donors (Lipinski definition) is 3. The summed E-state index contributed by atoms with van der Waals surface area (Å²) in [6.07, 6.45) is 0.740. The number of rotatable bonds is 4. The van der Waals surface area contributed by atoms with Gasteiger partial charge in [0.25, 0.3) is 0 Å². The van der Waals surface area contributed by atoms with E-state index in [1.807, 2.05) is 6.92 Å². The average molecular weight is 313 g/mol. The van der Waals surface area contributed by atoms with Crippen molar-refractivity contribution in [2.75, 3.05) is 19.0 Å². The number of nitrogens with one attached hydrogen (secondary N) is 2. The van der Waals surface area contributed by atoms with Crippen LogP contribution >= 0.6 is 0 Å². The zero-order valence-corrected chi connectivity index (χ0v) is 12.7. The van der Waals surface area contributed by atoms with E-state index in [1.54, 1.807) is 0 Å². The van der Waals surface area contributed by atoms with Crippen LogP contribution in [0.15, 0.2) is 23.1 Å². The van der Waals surface area contributed by atoms with Crippen LogP contribution in [0.2, 0.25) is 0 Å². The standard InChI is InChI=1S/C13H19N3O4S/c1-8-10(5-6-15-8)13(17)16-11-7-9(21(14,18)19)3-4-12(11)20-2/h3-4,7-8,10,15H,5-6H2,1-2H3,(H,16,17)(H2,14,18,19). The Morgan fingerprint density at radius 1 is 1.48 bits per heavy atom. The van der Waals surface area contributed by atoms with Crippen molar-refractivity contribution >= 4 is 21.6 Å². The predicted octanol–water partition coefficient (Wildman–Crippen LogP) is 0.279. The van der Waals surface area contributed by atoms with E-state index in [0.717, 1.165) is 13.0 Å². The van der Waals surface area contributed by atoms with Crippen molar-refractivity contribution < 1.29 is 17.9 Å². The number of ether oxygens (including phenoxy) is 1. The van der Waals surface area contributed by atoms with Crippen molar-refractivity contribution in [1.82, 2.24) is 5.32 Å². The maximum atomic E-state index is 12.3. The average Bonchev–Trinajstić information content (AvgIpc) is 2.84. The molecule has 2 atom stereocenters. The second-order valence-electron chi connectivity index (χ2n) is 5.03. The number of carbonyl (C=O) groups excluding carboxylic acids is 1. The van der Waals surface area contributed by atoms with Crippen molar-refractivity contribution in [2.45, 2.75) is 24.3 Å². The van der Waals surface area contributed by atoms with Gasteiger partial charge in [-0.25, -0.2) is 13.6 Å². The van der Waals surface area contributed by atoms with Crippen molar-refractivity contribution in [3.63, 3.8) is 0 Å². The van der Waals surface area contributed by atoms with Crippen LogP contribution in [0.3, 0.4) is 0 Å². The van der Waals surface area contributed by atoms with E-state index in [2.05, 4.69) is 10.6 Å². The fraction of sp³-hybridized carbons (Fsp3) is 0.462. The van der Waals surface area contributed by atoms with E-state index in [-0.39, 0.29) is 22.8 Å². The normalized spacial score (nSPS) is 22.0. The lowest BCUT2D eigenvalue weighted by Gasteiger charge is -2.17. The Bertz CT molecular complexity index is 645. The van der Waals surface area contributed by atoms with Crippen LogP contribution < -0.4 is 20.5 Å². The molecule has 1 fully saturated rings. The van der Waals surface area contributed by atoms with Crippen LogP contribution in [0, 0.1) is 5.92 Å². The zero-order valence-electron chi connectivity index (χ0n) is 11.9. The number of amides is 1. The van der Waals surface area contributed by atoms with Crippen LogP contribution in [0.1, 0.15) is 13.3 Å². The van der Waals surface area contributed by atoms with Crippen molar-refractivity contribution in [3.8, 4) is 5.75 Å². The van der Waals surface area contributed by atoms with Crippen LogP contribution in [0.25, 0.3) is 0 Å². The highest BCUT2D eigenvalue weighted by Crippen LogP contribution is 2.28. The van der Waals surface area contributed by atoms with E-state index >= 15 is 0 Å². The van der Waals surface area contributed by atoms with Gasteiger partial charge in [0.15, 0.2) is 0 Å². The minimum atomic E-state index is -3.84. The number of benzene rings is 1. The smallest absolute Gasteiger partial charge is 0.238 e. The highest BCUT2D eigenvalue weighted by Gasteiger charge is 2.30. The Morgan fingerprint density at radius 3 is 2.71 bits per heavy atom. The third-order valence-corrected chi connectivity index (χ3v) is 4.53. The summed E-state index contributed by atoms with van der Waals surface area (Å²) in [5.41, 5.74) is 0.299. The molecule has 0 radical (unpaired) electrons. The number of primary sulfonamides is 1. The molecule has 0 bridgehead atoms. The Hall–Kier alpha value is -1.64. The minimum absolute atomic E-state index is 0.0730. The molecule has 0 saturated carbocycles. The molecule has 1 aromatic carbocycles. The first-order valence-corrected chi connectivity index (χ1v) is 8.12. The molecule has 0 aliphatic carbocycles. The van der Waals surface area contributed by atoms with E-state index in [1.165, 1.54) is 25.3 Å². The van der Waals surface area contributed by atoms with Crippen molar-refractivity contribution in [1.29, 1.82) is 0 Å². The summed E-state index contributed by atoms with van der Waals surface area (Å²) in [5.74, 6) is 0.0552. The number of anilines is 1. The lowest BCUT2D eigenvalue weighted by atomic mass is 10.0. The van der Waals surface area contributed by atoms with Gasteiger partial charge < -0.3 is 15.4 Å². The monoisotopic (exact) mass is 313 g/mol. The molecule has 21 heavy (non-hydrogen) atoms. The summed E-state index contributed by atoms with van der Waals surface area (Å²) in [6.45, 7) is 2.73. The van der Waals surface area contributed by atoms with Gasteiger partial charge in [-0.3, -0.25) is 4.79 Å². The molecule has 8 heteroatoms. The number of sulfonamides is 1. The highest BCUT2D eigenvalue weighted by atomic mass is 32.2. The fourth-order valence-corrected chi connectivity index (χ4v) is 2.94. The summed E-state index contributed by atoms with van der Waals surface area (Å²) in [6, 6.07) is 4.19. The maximum Gasteiger partial charge on any atom is 0.238 e. The fourth-order valence-electron chi connectivity index (χ4n) is 2.40. The van der Waals surface area contributed by atoms with E-state index in [9.17, 15) is 13.2 Å². The van der Waals surface area contributed by atoms with Gasteiger partial charge in [-0.15, -0.1) is 0 Å². The Kier molecular flexibility index (Phi) is 4.50. The second kappa shape index (κ2) is 6.00. The highest BCUT2D eigenvalue weighted by molar-refractivity contribution is 7.89. The first-order valence-electron chi connectivity index (χ1n) is 6.58. The zero-order chi connectivity index (χ0) is 15.6. The number of hydrogen-bond acceptors (Lipinski definition) is 5. The summed E-state index contributed by atoms with van der Waals surface area (Å²) < 4.78 is 27.9. The summed E-state index contributed by atoms with van der Waals surface area (Å²) in [4.78, 5) is 12.2. The quantitative estimate of drug-likeness (QED) is 0.739. The second-order valence-corrected chi connectivity index (χ2v) is 6.60. The lowest BCUT2D eigenvalue weighted by molar-refractivity contribution is -0.120.